The fourth-order valence-corrected chi connectivity index (χ4v) is 4.27. The van der Waals surface area contributed by atoms with Gasteiger partial charge in [0.2, 0.25) is 0 Å². The van der Waals surface area contributed by atoms with Crippen molar-refractivity contribution in [3.63, 3.8) is 0 Å². The monoisotopic (exact) mass is 279 g/mol. The molecule has 118 valence electrons. The summed E-state index contributed by atoms with van der Waals surface area (Å²) in [6.07, 6.45) is 6.24. The first-order valence-corrected chi connectivity index (χ1v) is 8.59. The highest BCUT2D eigenvalue weighted by molar-refractivity contribution is 4.97. The smallest absolute Gasteiger partial charge is 0.0275 e. The van der Waals surface area contributed by atoms with Gasteiger partial charge in [0.15, 0.2) is 0 Å². The van der Waals surface area contributed by atoms with Crippen LogP contribution in [0.25, 0.3) is 0 Å². The summed E-state index contributed by atoms with van der Waals surface area (Å²) in [6, 6.07) is 0.974. The Morgan fingerprint density at radius 1 is 1.25 bits per heavy atom. The van der Waals surface area contributed by atoms with Crippen LogP contribution in [0.1, 0.15) is 67.7 Å². The zero-order chi connectivity index (χ0) is 15.5. The molecule has 5 unspecified atom stereocenters. The lowest BCUT2D eigenvalue weighted by molar-refractivity contribution is 0.121. The minimum absolute atomic E-state index is 0.447. The molecule has 0 heterocycles. The van der Waals surface area contributed by atoms with Crippen molar-refractivity contribution in [2.24, 2.45) is 29.1 Å². The lowest BCUT2D eigenvalue weighted by atomic mass is 9.68. The van der Waals surface area contributed by atoms with E-state index < -0.39 is 0 Å². The van der Waals surface area contributed by atoms with Crippen LogP contribution in [0.2, 0.25) is 0 Å². The molecule has 20 heavy (non-hydrogen) atoms. The maximum absolute atomic E-state index is 4.03. The maximum Gasteiger partial charge on any atom is 0.0275 e. The Kier molecular flexibility index (Phi) is 6.31. The van der Waals surface area contributed by atoms with E-state index in [1.807, 2.05) is 0 Å². The van der Waals surface area contributed by atoms with Gasteiger partial charge in [-0.25, -0.2) is 0 Å². The number of hydrogen-bond donors (Lipinski definition) is 1. The molecule has 0 radical (unpaired) electrons. The highest BCUT2D eigenvalue weighted by atomic mass is 14.9. The Labute approximate surface area is 127 Å². The third-order valence-electron chi connectivity index (χ3n) is 5.78. The first-order valence-electron chi connectivity index (χ1n) is 8.59. The Hall–Kier alpha value is -0.300. The van der Waals surface area contributed by atoms with Crippen molar-refractivity contribution < 1.29 is 0 Å². The molecule has 0 aromatic carbocycles. The molecule has 1 saturated carbocycles. The van der Waals surface area contributed by atoms with Crippen molar-refractivity contribution in [3.05, 3.63) is 12.7 Å². The summed E-state index contributed by atoms with van der Waals surface area (Å²) in [5, 5.41) is 3.65. The number of nitrogens with one attached hydrogen (secondary N) is 1. The third-order valence-corrected chi connectivity index (χ3v) is 5.78. The van der Waals surface area contributed by atoms with Crippen LogP contribution in [0, 0.1) is 29.1 Å². The first kappa shape index (κ1) is 17.8. The minimum Gasteiger partial charge on any atom is -0.308 e. The van der Waals surface area contributed by atoms with Crippen molar-refractivity contribution >= 4 is 0 Å². The van der Waals surface area contributed by atoms with Gasteiger partial charge in [0.25, 0.3) is 0 Å². The second-order valence-corrected chi connectivity index (χ2v) is 8.20. The highest BCUT2D eigenvalue weighted by Crippen LogP contribution is 2.53. The molecule has 1 aliphatic carbocycles. The molecule has 1 fully saturated rings. The molecular weight excluding hydrogens is 242 g/mol. The summed E-state index contributed by atoms with van der Waals surface area (Å²) in [6.45, 7) is 20.6. The van der Waals surface area contributed by atoms with E-state index in [1.165, 1.54) is 19.3 Å². The molecule has 0 amide bonds. The lowest BCUT2D eigenvalue weighted by Gasteiger charge is -2.38. The maximum atomic E-state index is 4.03. The van der Waals surface area contributed by atoms with Gasteiger partial charge >= 0.3 is 0 Å². The minimum atomic E-state index is 0.447. The van der Waals surface area contributed by atoms with Gasteiger partial charge in [-0.3, -0.25) is 0 Å². The second kappa shape index (κ2) is 7.11. The van der Waals surface area contributed by atoms with Crippen LogP contribution in [0.4, 0.5) is 0 Å². The lowest BCUT2D eigenvalue weighted by Crippen LogP contribution is -2.40. The van der Waals surface area contributed by atoms with E-state index in [1.54, 1.807) is 0 Å². The predicted molar refractivity (Wildman–Crippen MR) is 90.9 cm³/mol. The number of hydrogen-bond acceptors (Lipinski definition) is 1. The van der Waals surface area contributed by atoms with Crippen LogP contribution in [-0.2, 0) is 0 Å². The summed E-state index contributed by atoms with van der Waals surface area (Å²) in [5.41, 5.74) is 0.525. The Morgan fingerprint density at radius 3 is 2.30 bits per heavy atom. The molecule has 1 aliphatic rings. The van der Waals surface area contributed by atoms with Crippen molar-refractivity contribution in [2.45, 2.75) is 79.8 Å². The molecular formula is C19H37N. The second-order valence-electron chi connectivity index (χ2n) is 8.20. The number of rotatable bonds is 7. The normalized spacial score (nSPS) is 33.6. The molecule has 1 N–H and O–H groups in total. The standard InChI is InChI=1S/C19H37N/c1-9-18(20-14(4)5)16(7)11-17-10-15(6)12-19(17,8)13(2)3/h9,13-18,20H,1,10-12H2,2-8H3. The van der Waals surface area contributed by atoms with Crippen LogP contribution in [-0.4, -0.2) is 12.1 Å². The van der Waals surface area contributed by atoms with Crippen LogP contribution in [0.3, 0.4) is 0 Å². The summed E-state index contributed by atoms with van der Waals surface area (Å²) in [7, 11) is 0. The van der Waals surface area contributed by atoms with E-state index in [4.69, 9.17) is 0 Å². The van der Waals surface area contributed by atoms with Gasteiger partial charge < -0.3 is 5.32 Å². The molecule has 1 nitrogen and oxygen atoms in total. The van der Waals surface area contributed by atoms with Gasteiger partial charge in [0.1, 0.15) is 0 Å². The molecule has 1 rings (SSSR count). The largest absolute Gasteiger partial charge is 0.308 e. The van der Waals surface area contributed by atoms with E-state index in [2.05, 4.69) is 66.4 Å². The highest BCUT2D eigenvalue weighted by Gasteiger charge is 2.44. The Bertz CT molecular complexity index is 307. The molecule has 0 aromatic heterocycles. The van der Waals surface area contributed by atoms with Crippen molar-refractivity contribution in [1.29, 1.82) is 0 Å². The fraction of sp³-hybridized carbons (Fsp3) is 0.895. The predicted octanol–water partition coefficient (Wildman–Crippen LogP) is 5.27. The van der Waals surface area contributed by atoms with E-state index in [0.717, 1.165) is 17.8 Å². The van der Waals surface area contributed by atoms with Gasteiger partial charge in [0.05, 0.1) is 0 Å². The average Bonchev–Trinajstić information content (AvgIpc) is 2.62. The molecule has 5 atom stereocenters. The average molecular weight is 280 g/mol. The van der Waals surface area contributed by atoms with E-state index >= 15 is 0 Å². The SMILES string of the molecule is C=CC(NC(C)C)C(C)CC1CC(C)CC1(C)C(C)C. The fourth-order valence-electron chi connectivity index (χ4n) is 4.27. The molecule has 0 saturated heterocycles. The van der Waals surface area contributed by atoms with Gasteiger partial charge in [-0.05, 0) is 48.3 Å². The third kappa shape index (κ3) is 4.10. The molecule has 0 spiro atoms. The first-order chi connectivity index (χ1) is 9.20. The summed E-state index contributed by atoms with van der Waals surface area (Å²) < 4.78 is 0. The Balaban J connectivity index is 2.72. The summed E-state index contributed by atoms with van der Waals surface area (Å²) in [5.74, 6) is 3.21. The molecule has 0 aliphatic heterocycles. The quantitative estimate of drug-likeness (QED) is 0.626. The van der Waals surface area contributed by atoms with Gasteiger partial charge in [-0.1, -0.05) is 54.5 Å². The Morgan fingerprint density at radius 2 is 1.85 bits per heavy atom. The van der Waals surface area contributed by atoms with Crippen LogP contribution >= 0.6 is 0 Å². The van der Waals surface area contributed by atoms with E-state index in [9.17, 15) is 0 Å². The van der Waals surface area contributed by atoms with Crippen LogP contribution < -0.4 is 5.32 Å². The van der Waals surface area contributed by atoms with Crippen molar-refractivity contribution in [2.75, 3.05) is 0 Å². The van der Waals surface area contributed by atoms with Gasteiger partial charge in [0, 0.05) is 12.1 Å². The summed E-state index contributed by atoms with van der Waals surface area (Å²) in [4.78, 5) is 0. The molecule has 0 bridgehead atoms. The van der Waals surface area contributed by atoms with Crippen LogP contribution in [0.15, 0.2) is 12.7 Å². The van der Waals surface area contributed by atoms with Gasteiger partial charge in [-0.2, -0.15) is 0 Å². The van der Waals surface area contributed by atoms with Gasteiger partial charge in [-0.15, -0.1) is 6.58 Å². The van der Waals surface area contributed by atoms with Crippen LogP contribution in [0.5, 0.6) is 0 Å². The molecule has 0 aromatic rings. The van der Waals surface area contributed by atoms with Crippen molar-refractivity contribution in [1.82, 2.24) is 5.32 Å². The summed E-state index contributed by atoms with van der Waals surface area (Å²) >= 11 is 0. The molecule has 1 heteroatoms. The van der Waals surface area contributed by atoms with E-state index in [0.29, 0.717) is 23.4 Å². The van der Waals surface area contributed by atoms with E-state index in [-0.39, 0.29) is 0 Å². The zero-order valence-electron chi connectivity index (χ0n) is 14.9. The zero-order valence-corrected chi connectivity index (χ0v) is 14.9. The van der Waals surface area contributed by atoms with Crippen molar-refractivity contribution in [3.8, 4) is 0 Å². The topological polar surface area (TPSA) is 12.0 Å².